The Hall–Kier alpha value is -1.39. The topological polar surface area (TPSA) is 34.4 Å². The molecule has 0 unspecified atom stereocenters. The fraction of sp³-hybridized carbons (Fsp3) is 0.412. The van der Waals surface area contributed by atoms with Gasteiger partial charge in [-0.3, -0.25) is 0 Å². The number of hydrogen-bond acceptors (Lipinski definition) is 4. The van der Waals surface area contributed by atoms with Gasteiger partial charge in [-0.25, -0.2) is 0 Å². The first-order valence-electron chi connectivity index (χ1n) is 7.06. The fourth-order valence-corrected chi connectivity index (χ4v) is 2.43. The molecule has 0 bridgehead atoms. The summed E-state index contributed by atoms with van der Waals surface area (Å²) in [5, 5.41) is 3.43. The molecule has 0 amide bonds. The Balaban J connectivity index is 1.99. The van der Waals surface area contributed by atoms with Crippen molar-refractivity contribution in [1.29, 1.82) is 0 Å². The van der Waals surface area contributed by atoms with Crippen molar-refractivity contribution in [1.82, 2.24) is 5.32 Å². The lowest BCUT2D eigenvalue weighted by atomic mass is 10.1. The summed E-state index contributed by atoms with van der Waals surface area (Å²) < 4.78 is 11.5. The third-order valence-electron chi connectivity index (χ3n) is 3.07. The minimum atomic E-state index is 0.0658. The second-order valence-electron chi connectivity index (χ2n) is 5.91. The molecule has 1 heterocycles. The lowest BCUT2D eigenvalue weighted by Crippen LogP contribution is -2.35. The predicted molar refractivity (Wildman–Crippen MR) is 87.9 cm³/mol. The molecule has 2 rings (SSSR count). The second kappa shape index (κ2) is 7.05. The van der Waals surface area contributed by atoms with Crippen LogP contribution in [0.25, 0.3) is 0 Å². The summed E-state index contributed by atoms with van der Waals surface area (Å²) in [4.78, 5) is 1.15. The summed E-state index contributed by atoms with van der Waals surface area (Å²) >= 11 is 1.69. The van der Waals surface area contributed by atoms with E-state index in [0.717, 1.165) is 22.0 Å². The normalized spacial score (nSPS) is 11.6. The molecule has 1 aromatic heterocycles. The van der Waals surface area contributed by atoms with Gasteiger partial charge in [0.2, 0.25) is 0 Å². The van der Waals surface area contributed by atoms with E-state index in [1.807, 2.05) is 24.3 Å². The van der Waals surface area contributed by atoms with Crippen LogP contribution in [0.1, 0.15) is 32.1 Å². The lowest BCUT2D eigenvalue weighted by Gasteiger charge is -2.20. The summed E-state index contributed by atoms with van der Waals surface area (Å²) in [6.45, 7) is 7.65. The third kappa shape index (κ3) is 4.83. The first-order valence-corrected chi connectivity index (χ1v) is 8.28. The molecule has 1 N–H and O–H groups in total. The molecule has 0 aliphatic heterocycles. The van der Waals surface area contributed by atoms with Crippen LogP contribution >= 0.6 is 11.8 Å². The number of thioether (sulfide) groups is 1. The predicted octanol–water partition coefficient (Wildman–Crippen LogP) is 4.47. The van der Waals surface area contributed by atoms with Crippen molar-refractivity contribution in [2.24, 2.45) is 0 Å². The summed E-state index contributed by atoms with van der Waals surface area (Å²) in [6, 6.07) is 10.1. The Kier molecular flexibility index (Phi) is 5.37. The Morgan fingerprint density at radius 3 is 2.67 bits per heavy atom. The van der Waals surface area contributed by atoms with Gasteiger partial charge in [-0.1, -0.05) is 12.1 Å². The van der Waals surface area contributed by atoms with Gasteiger partial charge in [-0.2, -0.15) is 0 Å². The number of benzene rings is 1. The molecule has 4 heteroatoms. The van der Waals surface area contributed by atoms with E-state index in [4.69, 9.17) is 9.15 Å². The highest BCUT2D eigenvalue weighted by molar-refractivity contribution is 7.98. The molecule has 0 aliphatic carbocycles. The summed E-state index contributed by atoms with van der Waals surface area (Å²) in [5.74, 6) is 1.85. The van der Waals surface area contributed by atoms with Crippen LogP contribution in [0.15, 0.2) is 45.9 Å². The molecule has 21 heavy (non-hydrogen) atoms. The first kappa shape index (κ1) is 16.0. The molecule has 1 aromatic carbocycles. The van der Waals surface area contributed by atoms with E-state index in [0.29, 0.717) is 13.2 Å². The molecule has 114 valence electrons. The minimum Gasteiger partial charge on any atom is -0.488 e. The van der Waals surface area contributed by atoms with Crippen LogP contribution in [-0.2, 0) is 13.2 Å². The number of rotatable bonds is 6. The van der Waals surface area contributed by atoms with E-state index in [1.54, 1.807) is 18.0 Å². The van der Waals surface area contributed by atoms with E-state index in [1.165, 1.54) is 0 Å². The molecule has 0 saturated heterocycles. The molecule has 0 fully saturated rings. The Morgan fingerprint density at radius 1 is 1.19 bits per heavy atom. The first-order chi connectivity index (χ1) is 9.99. The molecule has 2 aromatic rings. The molecule has 0 saturated carbocycles. The number of hydrogen-bond donors (Lipinski definition) is 1. The fourth-order valence-electron chi connectivity index (χ4n) is 1.89. The molecule has 0 atom stereocenters. The maximum atomic E-state index is 5.94. The van der Waals surface area contributed by atoms with E-state index < -0.39 is 0 Å². The van der Waals surface area contributed by atoms with Crippen molar-refractivity contribution in [2.45, 2.75) is 44.4 Å². The quantitative estimate of drug-likeness (QED) is 0.799. The third-order valence-corrected chi connectivity index (χ3v) is 3.85. The monoisotopic (exact) mass is 305 g/mol. The molecule has 0 aliphatic rings. The zero-order valence-electron chi connectivity index (χ0n) is 13.1. The van der Waals surface area contributed by atoms with Gasteiger partial charge in [-0.05, 0) is 45.2 Å². The Labute approximate surface area is 131 Å². The van der Waals surface area contributed by atoms with Crippen LogP contribution in [0.2, 0.25) is 0 Å². The average molecular weight is 305 g/mol. The smallest absolute Gasteiger partial charge is 0.133 e. The van der Waals surface area contributed by atoms with Crippen LogP contribution in [-0.4, -0.2) is 11.8 Å². The zero-order chi connectivity index (χ0) is 15.3. The molecule has 3 nitrogen and oxygen atoms in total. The minimum absolute atomic E-state index is 0.0658. The van der Waals surface area contributed by atoms with Crippen molar-refractivity contribution in [2.75, 3.05) is 6.26 Å². The van der Waals surface area contributed by atoms with Crippen molar-refractivity contribution < 1.29 is 9.15 Å². The van der Waals surface area contributed by atoms with Crippen LogP contribution in [0.5, 0.6) is 5.75 Å². The van der Waals surface area contributed by atoms with Crippen LogP contribution in [0.3, 0.4) is 0 Å². The SMILES string of the molecule is CSc1ccccc1OCc1ccoc1CNC(C)(C)C. The molecule has 0 radical (unpaired) electrons. The standard InChI is InChI=1S/C17H23NO2S/c1-17(2,3)18-11-15-13(9-10-19-15)12-20-14-7-5-6-8-16(14)21-4/h5-10,18H,11-12H2,1-4H3. The number of para-hydroxylation sites is 1. The van der Waals surface area contributed by atoms with E-state index in [-0.39, 0.29) is 5.54 Å². The maximum Gasteiger partial charge on any atom is 0.133 e. The van der Waals surface area contributed by atoms with Gasteiger partial charge in [-0.15, -0.1) is 11.8 Å². The van der Waals surface area contributed by atoms with Crippen molar-refractivity contribution in [3.05, 3.63) is 47.9 Å². The van der Waals surface area contributed by atoms with Gasteiger partial charge in [0, 0.05) is 16.0 Å². The van der Waals surface area contributed by atoms with Crippen molar-refractivity contribution in [3.8, 4) is 5.75 Å². The van der Waals surface area contributed by atoms with Crippen molar-refractivity contribution in [3.63, 3.8) is 0 Å². The second-order valence-corrected chi connectivity index (χ2v) is 6.76. The zero-order valence-corrected chi connectivity index (χ0v) is 13.9. The van der Waals surface area contributed by atoms with E-state index in [9.17, 15) is 0 Å². The van der Waals surface area contributed by atoms with Gasteiger partial charge in [0.15, 0.2) is 0 Å². The van der Waals surface area contributed by atoms with Gasteiger partial charge in [0.1, 0.15) is 18.1 Å². The van der Waals surface area contributed by atoms with Gasteiger partial charge in [0.05, 0.1) is 12.8 Å². The van der Waals surface area contributed by atoms with Gasteiger partial charge in [0.25, 0.3) is 0 Å². The Bertz CT molecular complexity index is 572. The number of furan rings is 1. The Morgan fingerprint density at radius 2 is 1.95 bits per heavy atom. The van der Waals surface area contributed by atoms with E-state index >= 15 is 0 Å². The molecular weight excluding hydrogens is 282 g/mol. The largest absolute Gasteiger partial charge is 0.488 e. The highest BCUT2D eigenvalue weighted by atomic mass is 32.2. The lowest BCUT2D eigenvalue weighted by molar-refractivity contribution is 0.292. The molecular formula is C17H23NO2S. The highest BCUT2D eigenvalue weighted by Crippen LogP contribution is 2.28. The van der Waals surface area contributed by atoms with Crippen LogP contribution < -0.4 is 10.1 Å². The van der Waals surface area contributed by atoms with Gasteiger partial charge < -0.3 is 14.5 Å². The van der Waals surface area contributed by atoms with Crippen LogP contribution in [0.4, 0.5) is 0 Å². The number of nitrogens with one attached hydrogen (secondary N) is 1. The van der Waals surface area contributed by atoms with Crippen LogP contribution in [0, 0.1) is 0 Å². The van der Waals surface area contributed by atoms with Gasteiger partial charge >= 0.3 is 0 Å². The number of ether oxygens (including phenoxy) is 1. The van der Waals surface area contributed by atoms with Crippen molar-refractivity contribution >= 4 is 11.8 Å². The molecule has 0 spiro atoms. The summed E-state index contributed by atoms with van der Waals surface area (Å²) in [7, 11) is 0. The summed E-state index contributed by atoms with van der Waals surface area (Å²) in [5.41, 5.74) is 1.15. The maximum absolute atomic E-state index is 5.94. The summed E-state index contributed by atoms with van der Waals surface area (Å²) in [6.07, 6.45) is 3.78. The average Bonchev–Trinajstić information content (AvgIpc) is 2.90. The highest BCUT2D eigenvalue weighted by Gasteiger charge is 2.13. The van der Waals surface area contributed by atoms with E-state index in [2.05, 4.69) is 38.4 Å².